The van der Waals surface area contributed by atoms with Crippen molar-refractivity contribution in [1.82, 2.24) is 5.32 Å². The van der Waals surface area contributed by atoms with Crippen molar-refractivity contribution >= 4 is 11.9 Å². The lowest BCUT2D eigenvalue weighted by molar-refractivity contribution is -0.151. The van der Waals surface area contributed by atoms with Gasteiger partial charge < -0.3 is 20.3 Å². The Morgan fingerprint density at radius 1 is 0.547 bits per heavy atom. The minimum atomic E-state index is -0.785. The summed E-state index contributed by atoms with van der Waals surface area (Å²) in [5, 5.41) is 23.6. The molecule has 0 saturated heterocycles. The third-order valence-electron chi connectivity index (χ3n) is 10.5. The summed E-state index contributed by atoms with van der Waals surface area (Å²) in [6.45, 7) is 6.42. The van der Waals surface area contributed by atoms with E-state index in [9.17, 15) is 19.8 Å². The maximum absolute atomic E-state index is 13.1. The molecule has 0 bridgehead atoms. The molecule has 0 aromatic heterocycles. The fraction of sp³-hybridized carbons (Fsp3) is 0.872. The Bertz CT molecular complexity index is 843. The summed E-state index contributed by atoms with van der Waals surface area (Å²) in [5.74, 6) is -0.483. The summed E-state index contributed by atoms with van der Waals surface area (Å²) in [6.07, 6.45) is 45.2. The molecule has 0 rings (SSSR count). The number of allylic oxidation sites excluding steroid dienone is 4. The van der Waals surface area contributed by atoms with Crippen molar-refractivity contribution in [3.63, 3.8) is 0 Å². The first-order valence-electron chi connectivity index (χ1n) is 23.1. The molecule has 0 saturated carbocycles. The number of hydrogen-bond acceptors (Lipinski definition) is 5. The van der Waals surface area contributed by atoms with Crippen molar-refractivity contribution in [2.75, 3.05) is 6.61 Å². The first kappa shape index (κ1) is 51.3. The number of hydrogen-bond donors (Lipinski definition) is 3. The van der Waals surface area contributed by atoms with E-state index in [-0.39, 0.29) is 24.9 Å². The fourth-order valence-corrected chi connectivity index (χ4v) is 6.99. The number of nitrogens with one attached hydrogen (secondary N) is 1. The predicted molar refractivity (Wildman–Crippen MR) is 227 cm³/mol. The first-order chi connectivity index (χ1) is 26.0. The van der Waals surface area contributed by atoms with Gasteiger partial charge in [-0.2, -0.15) is 0 Å². The highest BCUT2D eigenvalue weighted by Gasteiger charge is 2.24. The Kier molecular flexibility index (Phi) is 40.2. The van der Waals surface area contributed by atoms with E-state index in [0.29, 0.717) is 19.3 Å². The molecule has 0 aliphatic carbocycles. The zero-order chi connectivity index (χ0) is 38.9. The molecule has 0 aromatic rings. The second-order valence-corrected chi connectivity index (χ2v) is 15.8. The number of unbranched alkanes of at least 4 members (excludes halogenated alkanes) is 25. The molecule has 312 valence electrons. The highest BCUT2D eigenvalue weighted by Crippen LogP contribution is 2.17. The molecule has 0 fully saturated rings. The molecule has 0 radical (unpaired) electrons. The average Bonchev–Trinajstić information content (AvgIpc) is 3.15. The Morgan fingerprint density at radius 2 is 0.962 bits per heavy atom. The topological polar surface area (TPSA) is 95.9 Å². The van der Waals surface area contributed by atoms with E-state index in [1.165, 1.54) is 122 Å². The van der Waals surface area contributed by atoms with Crippen LogP contribution in [0.1, 0.15) is 239 Å². The van der Waals surface area contributed by atoms with Gasteiger partial charge in [0.05, 0.1) is 25.2 Å². The zero-order valence-corrected chi connectivity index (χ0v) is 35.4. The molecule has 1 amide bonds. The van der Waals surface area contributed by atoms with E-state index < -0.39 is 18.2 Å². The first-order valence-corrected chi connectivity index (χ1v) is 23.1. The van der Waals surface area contributed by atoms with E-state index in [1.807, 2.05) is 0 Å². The third-order valence-corrected chi connectivity index (χ3v) is 10.5. The van der Waals surface area contributed by atoms with Gasteiger partial charge in [-0.1, -0.05) is 193 Å². The number of amides is 1. The Balaban J connectivity index is 4.61. The van der Waals surface area contributed by atoms with E-state index in [0.717, 1.165) is 70.6 Å². The molecule has 0 spiro atoms. The number of carbonyl (C=O) groups excluding carboxylic acids is 2. The zero-order valence-electron chi connectivity index (χ0n) is 35.4. The lowest BCUT2D eigenvalue weighted by Crippen LogP contribution is -2.46. The number of esters is 1. The average molecular weight is 748 g/mol. The number of rotatable bonds is 41. The maximum atomic E-state index is 13.1. The molecule has 53 heavy (non-hydrogen) atoms. The summed E-state index contributed by atoms with van der Waals surface area (Å²) in [4.78, 5) is 25.9. The summed E-state index contributed by atoms with van der Waals surface area (Å²) >= 11 is 0. The van der Waals surface area contributed by atoms with Gasteiger partial charge in [0.2, 0.25) is 5.91 Å². The largest absolute Gasteiger partial charge is 0.462 e. The Hall–Kier alpha value is -1.66. The van der Waals surface area contributed by atoms with Crippen molar-refractivity contribution < 1.29 is 24.5 Å². The molecule has 0 aliphatic heterocycles. The molecule has 0 aliphatic rings. The predicted octanol–water partition coefficient (Wildman–Crippen LogP) is 13.2. The van der Waals surface area contributed by atoms with Crippen LogP contribution < -0.4 is 5.32 Å². The highest BCUT2D eigenvalue weighted by molar-refractivity contribution is 5.77. The normalized spacial score (nSPS) is 13.5. The lowest BCUT2D eigenvalue weighted by Gasteiger charge is -2.24. The van der Waals surface area contributed by atoms with E-state index in [1.54, 1.807) is 0 Å². The third kappa shape index (κ3) is 37.1. The molecule has 3 atom stereocenters. The summed E-state index contributed by atoms with van der Waals surface area (Å²) in [6, 6.07) is -0.699. The van der Waals surface area contributed by atoms with Gasteiger partial charge in [0.1, 0.15) is 6.10 Å². The van der Waals surface area contributed by atoms with Gasteiger partial charge in [0.15, 0.2) is 0 Å². The van der Waals surface area contributed by atoms with Gasteiger partial charge in [-0.25, -0.2) is 0 Å². The minimum absolute atomic E-state index is 0.0723. The molecule has 6 nitrogen and oxygen atoms in total. The number of ether oxygens (including phenoxy) is 1. The molecule has 0 heterocycles. The van der Waals surface area contributed by atoms with Crippen molar-refractivity contribution in [2.45, 2.75) is 257 Å². The van der Waals surface area contributed by atoms with Crippen LogP contribution >= 0.6 is 0 Å². The SMILES string of the molecule is CCCCC/C=C\C/C=C\CCCCCCCC(CC(=O)NC(CO)C(O)CCCCCCCCCCC)OC(=O)CCCCCCCCCCCC. The van der Waals surface area contributed by atoms with Gasteiger partial charge in [-0.05, 0) is 57.8 Å². The Morgan fingerprint density at radius 3 is 1.47 bits per heavy atom. The number of carbonyl (C=O) groups is 2. The van der Waals surface area contributed by atoms with Gasteiger partial charge >= 0.3 is 5.97 Å². The van der Waals surface area contributed by atoms with Crippen molar-refractivity contribution in [1.29, 1.82) is 0 Å². The molecule has 3 N–H and O–H groups in total. The van der Waals surface area contributed by atoms with Crippen molar-refractivity contribution in [3.8, 4) is 0 Å². The number of aliphatic hydroxyl groups excluding tert-OH is 2. The van der Waals surface area contributed by atoms with Gasteiger partial charge in [-0.3, -0.25) is 9.59 Å². The van der Waals surface area contributed by atoms with E-state index >= 15 is 0 Å². The second-order valence-electron chi connectivity index (χ2n) is 15.8. The fourth-order valence-electron chi connectivity index (χ4n) is 6.99. The summed E-state index contributed by atoms with van der Waals surface area (Å²) in [7, 11) is 0. The molecular formula is C47H89NO5. The van der Waals surface area contributed by atoms with Crippen LogP contribution in [-0.4, -0.2) is 46.9 Å². The molecule has 3 unspecified atom stereocenters. The molecule has 6 heteroatoms. The van der Waals surface area contributed by atoms with Crippen molar-refractivity contribution in [3.05, 3.63) is 24.3 Å². The second kappa shape index (κ2) is 41.5. The van der Waals surface area contributed by atoms with Crippen molar-refractivity contribution in [2.24, 2.45) is 0 Å². The minimum Gasteiger partial charge on any atom is -0.462 e. The van der Waals surface area contributed by atoms with Gasteiger partial charge in [0.25, 0.3) is 0 Å². The lowest BCUT2D eigenvalue weighted by atomic mass is 10.0. The quantitative estimate of drug-likeness (QED) is 0.0329. The Labute approximate surface area is 329 Å². The standard InChI is InChI=1S/C47H89NO5/c1-4-7-10-13-16-19-21-22-23-24-25-27-29-32-35-38-43(53-47(52)40-37-34-31-28-20-17-14-11-8-5-2)41-46(51)48-44(42-49)45(50)39-36-33-30-26-18-15-12-9-6-3/h16,19,22-23,43-45,49-50H,4-15,17-18,20-21,24-42H2,1-3H3,(H,48,51)/b19-16-,23-22-. The van der Waals surface area contributed by atoms with Crippen LogP contribution in [0.15, 0.2) is 24.3 Å². The van der Waals surface area contributed by atoms with E-state index in [4.69, 9.17) is 4.74 Å². The summed E-state index contributed by atoms with van der Waals surface area (Å²) < 4.78 is 5.89. The van der Waals surface area contributed by atoms with Crippen LogP contribution in [0.5, 0.6) is 0 Å². The van der Waals surface area contributed by atoms with Crippen LogP contribution in [0, 0.1) is 0 Å². The smallest absolute Gasteiger partial charge is 0.306 e. The maximum Gasteiger partial charge on any atom is 0.306 e. The van der Waals surface area contributed by atoms with Crippen LogP contribution in [0.2, 0.25) is 0 Å². The molecular weight excluding hydrogens is 659 g/mol. The summed E-state index contributed by atoms with van der Waals surface area (Å²) in [5.41, 5.74) is 0. The highest BCUT2D eigenvalue weighted by atomic mass is 16.5. The van der Waals surface area contributed by atoms with Crippen LogP contribution in [0.4, 0.5) is 0 Å². The monoisotopic (exact) mass is 748 g/mol. The van der Waals surface area contributed by atoms with Crippen LogP contribution in [0.3, 0.4) is 0 Å². The van der Waals surface area contributed by atoms with Gasteiger partial charge in [0, 0.05) is 6.42 Å². The molecule has 0 aromatic carbocycles. The van der Waals surface area contributed by atoms with Gasteiger partial charge in [-0.15, -0.1) is 0 Å². The van der Waals surface area contributed by atoms with Crippen LogP contribution in [0.25, 0.3) is 0 Å². The van der Waals surface area contributed by atoms with Crippen LogP contribution in [-0.2, 0) is 14.3 Å². The number of aliphatic hydroxyl groups is 2. The van der Waals surface area contributed by atoms with E-state index in [2.05, 4.69) is 50.4 Å².